The maximum Gasteiger partial charge on any atom is 0.131 e. The number of pyridine rings is 1. The van der Waals surface area contributed by atoms with E-state index in [9.17, 15) is 0 Å². The van der Waals surface area contributed by atoms with E-state index in [1.165, 1.54) is 56.3 Å². The smallest absolute Gasteiger partial charge is 0.131 e. The Kier molecular flexibility index (Phi) is 4.33. The number of likely N-dealkylation sites (tertiary alicyclic amines) is 1. The summed E-state index contributed by atoms with van der Waals surface area (Å²) in [4.78, 5) is 15.8. The first kappa shape index (κ1) is 14.8. The van der Waals surface area contributed by atoms with Crippen molar-refractivity contribution >= 4 is 0 Å². The maximum absolute atomic E-state index is 4.53. The third-order valence-electron chi connectivity index (χ3n) is 5.03. The molecule has 2 fully saturated rings. The molecule has 0 unspecified atom stereocenters. The van der Waals surface area contributed by atoms with E-state index in [2.05, 4.69) is 25.9 Å². The van der Waals surface area contributed by atoms with E-state index in [4.69, 9.17) is 0 Å². The second kappa shape index (κ2) is 6.75. The molecule has 1 saturated carbocycles. The Morgan fingerprint density at radius 3 is 2.39 bits per heavy atom. The minimum Gasteiger partial charge on any atom is -0.299 e. The molecule has 0 N–H and O–H groups in total. The van der Waals surface area contributed by atoms with Crippen molar-refractivity contribution in [3.05, 3.63) is 53.9 Å². The molecular formula is C19H24N4. The molecular weight excluding hydrogens is 284 g/mol. The lowest BCUT2D eigenvalue weighted by Crippen LogP contribution is -2.34. The van der Waals surface area contributed by atoms with E-state index in [1.807, 2.05) is 30.9 Å². The van der Waals surface area contributed by atoms with Crippen LogP contribution in [0.3, 0.4) is 0 Å². The number of hydrogen-bond acceptors (Lipinski definition) is 4. The Labute approximate surface area is 138 Å². The topological polar surface area (TPSA) is 41.9 Å². The van der Waals surface area contributed by atoms with Crippen LogP contribution in [-0.2, 0) is 13.0 Å². The fourth-order valence-electron chi connectivity index (χ4n) is 3.46. The largest absolute Gasteiger partial charge is 0.299 e. The summed E-state index contributed by atoms with van der Waals surface area (Å²) in [5, 5.41) is 0. The summed E-state index contributed by atoms with van der Waals surface area (Å²) in [6.45, 7) is 3.34. The normalized spacial score (nSPS) is 19.8. The van der Waals surface area contributed by atoms with Crippen LogP contribution in [0.25, 0.3) is 0 Å². The SMILES string of the molecule is c1cncc(CC2CCN(Cc3cnc(C4CC4)nc3)CC2)c1. The van der Waals surface area contributed by atoms with Crippen molar-refractivity contribution in [2.24, 2.45) is 5.92 Å². The van der Waals surface area contributed by atoms with Gasteiger partial charge < -0.3 is 0 Å². The van der Waals surface area contributed by atoms with Crippen molar-refractivity contribution in [3.63, 3.8) is 0 Å². The van der Waals surface area contributed by atoms with Crippen molar-refractivity contribution in [3.8, 4) is 0 Å². The van der Waals surface area contributed by atoms with Crippen LogP contribution in [-0.4, -0.2) is 32.9 Å². The molecule has 4 rings (SSSR count). The second-order valence-corrected chi connectivity index (χ2v) is 7.01. The van der Waals surface area contributed by atoms with Gasteiger partial charge in [-0.05, 0) is 62.7 Å². The van der Waals surface area contributed by atoms with E-state index in [1.54, 1.807) is 0 Å². The van der Waals surface area contributed by atoms with E-state index in [0.717, 1.165) is 18.3 Å². The van der Waals surface area contributed by atoms with E-state index < -0.39 is 0 Å². The van der Waals surface area contributed by atoms with Gasteiger partial charge in [-0.3, -0.25) is 9.88 Å². The summed E-state index contributed by atoms with van der Waals surface area (Å²) in [6.07, 6.45) is 14.2. The Hall–Kier alpha value is -1.81. The molecule has 4 heteroatoms. The van der Waals surface area contributed by atoms with Crippen LogP contribution in [0.15, 0.2) is 36.9 Å². The second-order valence-electron chi connectivity index (χ2n) is 7.01. The number of rotatable bonds is 5. The third-order valence-corrected chi connectivity index (χ3v) is 5.03. The van der Waals surface area contributed by atoms with Gasteiger partial charge in [-0.2, -0.15) is 0 Å². The highest BCUT2D eigenvalue weighted by molar-refractivity contribution is 5.11. The molecule has 2 aromatic heterocycles. The van der Waals surface area contributed by atoms with Gasteiger partial charge in [-0.15, -0.1) is 0 Å². The van der Waals surface area contributed by atoms with Crippen molar-refractivity contribution in [2.75, 3.05) is 13.1 Å². The first-order valence-corrected chi connectivity index (χ1v) is 8.79. The van der Waals surface area contributed by atoms with Gasteiger partial charge in [-0.25, -0.2) is 9.97 Å². The van der Waals surface area contributed by atoms with Gasteiger partial charge >= 0.3 is 0 Å². The van der Waals surface area contributed by atoms with Crippen LogP contribution in [0.2, 0.25) is 0 Å². The predicted octanol–water partition coefficient (Wildman–Crippen LogP) is 3.20. The highest BCUT2D eigenvalue weighted by Crippen LogP contribution is 2.37. The van der Waals surface area contributed by atoms with Gasteiger partial charge in [0, 0.05) is 42.8 Å². The van der Waals surface area contributed by atoms with Crippen LogP contribution in [0.4, 0.5) is 0 Å². The Morgan fingerprint density at radius 1 is 0.957 bits per heavy atom. The monoisotopic (exact) mass is 308 g/mol. The van der Waals surface area contributed by atoms with Crippen molar-refractivity contribution < 1.29 is 0 Å². The molecule has 23 heavy (non-hydrogen) atoms. The zero-order valence-electron chi connectivity index (χ0n) is 13.6. The van der Waals surface area contributed by atoms with Gasteiger partial charge in [0.15, 0.2) is 0 Å². The Balaban J connectivity index is 1.26. The summed E-state index contributed by atoms with van der Waals surface area (Å²) in [5.74, 6) is 2.49. The summed E-state index contributed by atoms with van der Waals surface area (Å²) in [5.41, 5.74) is 2.62. The first-order valence-electron chi connectivity index (χ1n) is 8.79. The zero-order valence-corrected chi connectivity index (χ0v) is 13.6. The molecule has 2 aromatic rings. The molecule has 0 radical (unpaired) electrons. The van der Waals surface area contributed by atoms with E-state index in [-0.39, 0.29) is 0 Å². The lowest BCUT2D eigenvalue weighted by Gasteiger charge is -2.31. The van der Waals surface area contributed by atoms with Crippen LogP contribution >= 0.6 is 0 Å². The average Bonchev–Trinajstić information content (AvgIpc) is 3.43. The summed E-state index contributed by atoms with van der Waals surface area (Å²) in [6, 6.07) is 4.23. The molecule has 4 nitrogen and oxygen atoms in total. The van der Waals surface area contributed by atoms with Crippen molar-refractivity contribution in [2.45, 2.75) is 44.6 Å². The van der Waals surface area contributed by atoms with E-state index in [0.29, 0.717) is 5.92 Å². The standard InChI is InChI=1S/C19H24N4/c1-2-16(11-20-7-1)10-15-5-8-23(9-6-15)14-17-12-21-19(22-13-17)18-3-4-18/h1-2,7,11-13,15,18H,3-6,8-10,14H2. The Bertz CT molecular complexity index is 614. The number of hydrogen-bond donors (Lipinski definition) is 0. The van der Waals surface area contributed by atoms with Crippen LogP contribution < -0.4 is 0 Å². The molecule has 3 heterocycles. The van der Waals surface area contributed by atoms with E-state index >= 15 is 0 Å². The first-order chi connectivity index (χ1) is 11.4. The molecule has 1 aliphatic heterocycles. The molecule has 0 atom stereocenters. The molecule has 1 saturated heterocycles. The maximum atomic E-state index is 4.53. The quantitative estimate of drug-likeness (QED) is 0.850. The molecule has 120 valence electrons. The van der Waals surface area contributed by atoms with Crippen molar-refractivity contribution in [1.82, 2.24) is 19.9 Å². The van der Waals surface area contributed by atoms with Gasteiger partial charge in [0.25, 0.3) is 0 Å². The zero-order chi connectivity index (χ0) is 15.5. The lowest BCUT2D eigenvalue weighted by molar-refractivity contribution is 0.176. The molecule has 0 amide bonds. The minimum absolute atomic E-state index is 0.646. The summed E-state index contributed by atoms with van der Waals surface area (Å²) < 4.78 is 0. The molecule has 0 spiro atoms. The van der Waals surface area contributed by atoms with Crippen LogP contribution in [0, 0.1) is 5.92 Å². The number of nitrogens with zero attached hydrogens (tertiary/aromatic N) is 4. The fraction of sp³-hybridized carbons (Fsp3) is 0.526. The molecule has 0 aromatic carbocycles. The molecule has 0 bridgehead atoms. The predicted molar refractivity (Wildman–Crippen MR) is 89.9 cm³/mol. The molecule has 2 aliphatic rings. The number of piperidine rings is 1. The molecule has 1 aliphatic carbocycles. The Morgan fingerprint density at radius 2 is 1.74 bits per heavy atom. The minimum atomic E-state index is 0.646. The van der Waals surface area contributed by atoms with Gasteiger partial charge in [-0.1, -0.05) is 6.07 Å². The highest BCUT2D eigenvalue weighted by Gasteiger charge is 2.26. The highest BCUT2D eigenvalue weighted by atomic mass is 15.1. The van der Waals surface area contributed by atoms with Gasteiger partial charge in [0.2, 0.25) is 0 Å². The van der Waals surface area contributed by atoms with Crippen LogP contribution in [0.1, 0.15) is 48.6 Å². The lowest BCUT2D eigenvalue weighted by atomic mass is 9.90. The third kappa shape index (κ3) is 3.94. The summed E-state index contributed by atoms with van der Waals surface area (Å²) in [7, 11) is 0. The average molecular weight is 308 g/mol. The van der Waals surface area contributed by atoms with Crippen LogP contribution in [0.5, 0.6) is 0 Å². The summed E-state index contributed by atoms with van der Waals surface area (Å²) >= 11 is 0. The number of aromatic nitrogens is 3. The van der Waals surface area contributed by atoms with Gasteiger partial charge in [0.1, 0.15) is 5.82 Å². The van der Waals surface area contributed by atoms with Crippen molar-refractivity contribution in [1.29, 1.82) is 0 Å². The fourth-order valence-corrected chi connectivity index (χ4v) is 3.46. The van der Waals surface area contributed by atoms with Gasteiger partial charge in [0.05, 0.1) is 0 Å².